The molecule has 0 saturated carbocycles. The summed E-state index contributed by atoms with van der Waals surface area (Å²) in [6.45, 7) is 7.97. The first-order chi connectivity index (χ1) is 4.85. The summed E-state index contributed by atoms with van der Waals surface area (Å²) >= 11 is 0. The molecular weight excluding hydrogens is 122 g/mol. The van der Waals surface area contributed by atoms with E-state index in [1.54, 1.807) is 0 Å². The van der Waals surface area contributed by atoms with Crippen LogP contribution < -0.4 is 0 Å². The van der Waals surface area contributed by atoms with Crippen molar-refractivity contribution >= 4 is 0 Å². The minimum Gasteiger partial charge on any atom is -0.193 e. The maximum atomic E-state index is 8.34. The lowest BCUT2D eigenvalue weighted by Gasteiger charge is -1.87. The molecule has 0 radical (unpaired) electrons. The topological polar surface area (TPSA) is 23.8 Å². The molecule has 0 spiro atoms. The highest BCUT2D eigenvalue weighted by atomic mass is 14.2. The predicted molar refractivity (Wildman–Crippen MR) is 45.6 cm³/mol. The average Bonchev–Trinajstić information content (AvgIpc) is 2.04. The second-order valence-corrected chi connectivity index (χ2v) is 1.68. The number of nitriles is 1. The molecule has 10 heavy (non-hydrogen) atoms. The minimum absolute atomic E-state index is 0.896. The molecule has 0 fully saturated rings. The van der Waals surface area contributed by atoms with E-state index in [2.05, 4.69) is 13.0 Å². The van der Waals surface area contributed by atoms with Gasteiger partial charge in [0, 0.05) is 5.57 Å². The molecule has 0 aromatic heterocycles. The molecule has 0 N–H and O–H groups in total. The number of allylic oxidation sites excluding steroid dienone is 2. The van der Waals surface area contributed by atoms with Crippen LogP contribution in [-0.4, -0.2) is 0 Å². The minimum atomic E-state index is 0.896. The molecule has 1 nitrogen and oxygen atoms in total. The molecule has 0 aliphatic heterocycles. The summed E-state index contributed by atoms with van der Waals surface area (Å²) in [5.74, 6) is 0. The Morgan fingerprint density at radius 3 is 2.10 bits per heavy atom. The summed E-state index contributed by atoms with van der Waals surface area (Å²) in [5, 5.41) is 8.34. The summed E-state index contributed by atoms with van der Waals surface area (Å²) in [6.07, 6.45) is 3.85. The van der Waals surface area contributed by atoms with Gasteiger partial charge in [-0.3, -0.25) is 0 Å². The zero-order valence-corrected chi connectivity index (χ0v) is 7.44. The molecule has 0 saturated heterocycles. The van der Waals surface area contributed by atoms with E-state index in [9.17, 15) is 0 Å². The van der Waals surface area contributed by atoms with Gasteiger partial charge in [0.1, 0.15) is 0 Å². The Labute approximate surface area is 64.4 Å². The lowest BCUT2D eigenvalue weighted by atomic mass is 10.2. The van der Waals surface area contributed by atoms with Crippen LogP contribution in [0.4, 0.5) is 0 Å². The van der Waals surface area contributed by atoms with Gasteiger partial charge in [-0.05, 0) is 13.3 Å². The third-order valence-electron chi connectivity index (χ3n) is 1.01. The van der Waals surface area contributed by atoms with Crippen molar-refractivity contribution in [2.24, 2.45) is 0 Å². The number of hydrogen-bond acceptors (Lipinski definition) is 1. The molecule has 0 unspecified atom stereocenters. The Bertz CT molecular complexity index is 117. The van der Waals surface area contributed by atoms with Crippen LogP contribution >= 0.6 is 0 Å². The summed E-state index contributed by atoms with van der Waals surface area (Å²) in [5.41, 5.74) is 0.896. The Morgan fingerprint density at radius 1 is 1.50 bits per heavy atom. The van der Waals surface area contributed by atoms with Crippen molar-refractivity contribution in [1.29, 1.82) is 5.26 Å². The second-order valence-electron chi connectivity index (χ2n) is 1.68. The first kappa shape index (κ1) is 12.0. The van der Waals surface area contributed by atoms with E-state index in [1.165, 1.54) is 0 Å². The van der Waals surface area contributed by atoms with Crippen molar-refractivity contribution in [3.8, 4) is 6.07 Å². The van der Waals surface area contributed by atoms with Crippen LogP contribution in [0.3, 0.4) is 0 Å². The van der Waals surface area contributed by atoms with Crippen LogP contribution in [0.15, 0.2) is 11.6 Å². The zero-order chi connectivity index (χ0) is 8.41. The van der Waals surface area contributed by atoms with Crippen LogP contribution in [-0.2, 0) is 0 Å². The highest BCUT2D eigenvalue weighted by Gasteiger charge is 1.87. The standard InChI is InChI=1S/C7H11N.C2H6/c1-3-5-7(4-2)6-8;1-2/h4H,3,5H2,1-2H3;1-2H3/b7-4+;. The Morgan fingerprint density at radius 2 is 2.00 bits per heavy atom. The number of rotatable bonds is 2. The fraction of sp³-hybridized carbons (Fsp3) is 0.667. The van der Waals surface area contributed by atoms with Crippen LogP contribution in [0.5, 0.6) is 0 Å². The van der Waals surface area contributed by atoms with Gasteiger partial charge < -0.3 is 0 Å². The fourth-order valence-corrected chi connectivity index (χ4v) is 0.534. The van der Waals surface area contributed by atoms with E-state index in [-0.39, 0.29) is 0 Å². The molecule has 1 heteroatoms. The SMILES string of the molecule is C/C=C(/C#N)CCC.CC. The lowest BCUT2D eigenvalue weighted by molar-refractivity contribution is 0.927. The quantitative estimate of drug-likeness (QED) is 0.538. The monoisotopic (exact) mass is 139 g/mol. The maximum Gasteiger partial charge on any atom is 0.0943 e. The zero-order valence-electron chi connectivity index (χ0n) is 7.44. The molecule has 0 rings (SSSR count). The number of hydrogen-bond donors (Lipinski definition) is 0. The number of nitrogens with zero attached hydrogens (tertiary/aromatic N) is 1. The van der Waals surface area contributed by atoms with Gasteiger partial charge in [0.25, 0.3) is 0 Å². The highest BCUT2D eigenvalue weighted by molar-refractivity contribution is 5.18. The summed E-state index contributed by atoms with van der Waals surface area (Å²) in [6, 6.07) is 2.11. The molecule has 0 atom stereocenters. The van der Waals surface area contributed by atoms with Gasteiger partial charge in [-0.1, -0.05) is 33.3 Å². The highest BCUT2D eigenvalue weighted by Crippen LogP contribution is 2.00. The lowest BCUT2D eigenvalue weighted by Crippen LogP contribution is -1.74. The van der Waals surface area contributed by atoms with E-state index < -0.39 is 0 Å². The van der Waals surface area contributed by atoms with Gasteiger partial charge in [0.15, 0.2) is 0 Å². The average molecular weight is 139 g/mol. The van der Waals surface area contributed by atoms with Gasteiger partial charge in [-0.25, -0.2) is 0 Å². The fourth-order valence-electron chi connectivity index (χ4n) is 0.534. The van der Waals surface area contributed by atoms with Crippen LogP contribution in [0.1, 0.15) is 40.5 Å². The predicted octanol–water partition coefficient (Wildman–Crippen LogP) is 3.28. The second kappa shape index (κ2) is 11.1. The molecule has 0 aromatic rings. The largest absolute Gasteiger partial charge is 0.193 e. The molecule has 0 amide bonds. The molecule has 0 aliphatic carbocycles. The van der Waals surface area contributed by atoms with E-state index in [0.717, 1.165) is 18.4 Å². The van der Waals surface area contributed by atoms with Crippen molar-refractivity contribution in [2.75, 3.05) is 0 Å². The van der Waals surface area contributed by atoms with Crippen LogP contribution in [0.2, 0.25) is 0 Å². The molecule has 0 aliphatic rings. The molecular formula is C9H17N. The summed E-state index contributed by atoms with van der Waals surface area (Å²) < 4.78 is 0. The van der Waals surface area contributed by atoms with E-state index in [1.807, 2.05) is 26.8 Å². The third kappa shape index (κ3) is 7.23. The summed E-state index contributed by atoms with van der Waals surface area (Å²) in [7, 11) is 0. The van der Waals surface area contributed by atoms with Gasteiger partial charge in [0.2, 0.25) is 0 Å². The van der Waals surface area contributed by atoms with Gasteiger partial charge in [0.05, 0.1) is 6.07 Å². The van der Waals surface area contributed by atoms with Crippen molar-refractivity contribution in [3.63, 3.8) is 0 Å². The van der Waals surface area contributed by atoms with Gasteiger partial charge >= 0.3 is 0 Å². The molecule has 0 heterocycles. The summed E-state index contributed by atoms with van der Waals surface area (Å²) in [4.78, 5) is 0. The first-order valence-corrected chi connectivity index (χ1v) is 3.90. The Hall–Kier alpha value is -0.770. The van der Waals surface area contributed by atoms with Crippen LogP contribution in [0.25, 0.3) is 0 Å². The first-order valence-electron chi connectivity index (χ1n) is 3.90. The van der Waals surface area contributed by atoms with E-state index in [0.29, 0.717) is 0 Å². The van der Waals surface area contributed by atoms with E-state index in [4.69, 9.17) is 5.26 Å². The Kier molecular flexibility index (Phi) is 13.3. The van der Waals surface area contributed by atoms with E-state index >= 15 is 0 Å². The maximum absolute atomic E-state index is 8.34. The van der Waals surface area contributed by atoms with Crippen LogP contribution in [0, 0.1) is 11.3 Å². The van der Waals surface area contributed by atoms with Crippen molar-refractivity contribution < 1.29 is 0 Å². The molecule has 0 bridgehead atoms. The van der Waals surface area contributed by atoms with Crippen molar-refractivity contribution in [1.82, 2.24) is 0 Å². The smallest absolute Gasteiger partial charge is 0.0943 e. The van der Waals surface area contributed by atoms with Crippen molar-refractivity contribution in [3.05, 3.63) is 11.6 Å². The van der Waals surface area contributed by atoms with Gasteiger partial charge in [-0.15, -0.1) is 0 Å². The third-order valence-corrected chi connectivity index (χ3v) is 1.01. The molecule has 58 valence electrons. The normalized spacial score (nSPS) is 9.30. The Balaban J connectivity index is 0. The molecule has 0 aromatic carbocycles. The van der Waals surface area contributed by atoms with Gasteiger partial charge in [-0.2, -0.15) is 5.26 Å². The van der Waals surface area contributed by atoms with Crippen molar-refractivity contribution in [2.45, 2.75) is 40.5 Å².